The van der Waals surface area contributed by atoms with Crippen LogP contribution >= 0.6 is 11.3 Å². The highest BCUT2D eigenvalue weighted by Crippen LogP contribution is 2.30. The van der Waals surface area contributed by atoms with Gasteiger partial charge in [-0.25, -0.2) is 0 Å². The molecule has 3 rings (SSSR count). The van der Waals surface area contributed by atoms with E-state index in [1.807, 2.05) is 18.2 Å². The quantitative estimate of drug-likeness (QED) is 0.769. The van der Waals surface area contributed by atoms with Crippen LogP contribution < -0.4 is 4.74 Å². The highest BCUT2D eigenvalue weighted by Gasteiger charge is 2.22. The number of aryl methyl sites for hydroxylation is 2. The highest BCUT2D eigenvalue weighted by atomic mass is 32.1. The molecule has 1 aliphatic rings. The maximum absolute atomic E-state index is 12.5. The average molecular weight is 284 g/mol. The fraction of sp³-hybridized carbons (Fsp3) is 0.235. The third kappa shape index (κ3) is 2.29. The summed E-state index contributed by atoms with van der Waals surface area (Å²) in [5.41, 5.74) is 4.05. The van der Waals surface area contributed by atoms with Crippen molar-refractivity contribution in [2.75, 3.05) is 7.11 Å². The number of ether oxygens (including phenoxy) is 1. The third-order valence-corrected chi connectivity index (χ3v) is 4.69. The minimum atomic E-state index is 0.154. The Morgan fingerprint density at radius 2 is 2.10 bits per heavy atom. The summed E-state index contributed by atoms with van der Waals surface area (Å²) in [6.45, 7) is 2.08. The molecule has 0 atom stereocenters. The van der Waals surface area contributed by atoms with Crippen molar-refractivity contribution in [1.29, 1.82) is 0 Å². The number of benzene rings is 1. The van der Waals surface area contributed by atoms with E-state index in [1.54, 1.807) is 18.4 Å². The van der Waals surface area contributed by atoms with E-state index < -0.39 is 0 Å². The third-order valence-electron chi connectivity index (χ3n) is 3.72. The molecule has 0 fully saturated rings. The highest BCUT2D eigenvalue weighted by molar-refractivity contribution is 7.11. The molecule has 0 aliphatic heterocycles. The predicted octanol–water partition coefficient (Wildman–Crippen LogP) is 4.28. The summed E-state index contributed by atoms with van der Waals surface area (Å²) >= 11 is 1.68. The van der Waals surface area contributed by atoms with Crippen LogP contribution in [0.4, 0.5) is 0 Å². The molecule has 1 aromatic carbocycles. The summed E-state index contributed by atoms with van der Waals surface area (Å²) in [4.78, 5) is 13.7. The summed E-state index contributed by atoms with van der Waals surface area (Å²) in [5.74, 6) is 0.972. The molecule has 0 unspecified atom stereocenters. The van der Waals surface area contributed by atoms with E-state index in [2.05, 4.69) is 24.4 Å². The van der Waals surface area contributed by atoms with Crippen LogP contribution in [0.1, 0.15) is 32.8 Å². The largest absolute Gasteiger partial charge is 0.497 e. The van der Waals surface area contributed by atoms with Crippen LogP contribution in [0.25, 0.3) is 6.08 Å². The number of allylic oxidation sites excluding steroid dienone is 1. The van der Waals surface area contributed by atoms with Crippen LogP contribution in [0.3, 0.4) is 0 Å². The van der Waals surface area contributed by atoms with Gasteiger partial charge in [0.2, 0.25) is 0 Å². The van der Waals surface area contributed by atoms with Gasteiger partial charge in [0.05, 0.1) is 7.11 Å². The molecule has 0 radical (unpaired) electrons. The smallest absolute Gasteiger partial charge is 0.189 e. The molecular weight excluding hydrogens is 268 g/mol. The molecular formula is C17H16O2S. The molecule has 20 heavy (non-hydrogen) atoms. The summed E-state index contributed by atoms with van der Waals surface area (Å²) in [5, 5.41) is 2.06. The van der Waals surface area contributed by atoms with Gasteiger partial charge in [0.25, 0.3) is 0 Å². The van der Waals surface area contributed by atoms with Gasteiger partial charge in [0.1, 0.15) is 5.75 Å². The van der Waals surface area contributed by atoms with Gasteiger partial charge >= 0.3 is 0 Å². The Hall–Kier alpha value is -1.87. The lowest BCUT2D eigenvalue weighted by molar-refractivity contribution is 0.102. The van der Waals surface area contributed by atoms with Crippen molar-refractivity contribution in [2.24, 2.45) is 0 Å². The molecule has 0 bridgehead atoms. The number of carbonyl (C=O) groups excluding carboxylic acids is 1. The van der Waals surface area contributed by atoms with Crippen molar-refractivity contribution in [3.63, 3.8) is 0 Å². The molecule has 0 spiro atoms. The van der Waals surface area contributed by atoms with Crippen molar-refractivity contribution in [3.05, 3.63) is 56.8 Å². The first kappa shape index (κ1) is 13.1. The first-order valence-corrected chi connectivity index (χ1v) is 7.53. The van der Waals surface area contributed by atoms with Gasteiger partial charge in [-0.1, -0.05) is 0 Å². The number of rotatable bonds is 2. The number of methoxy groups -OCH3 is 1. The van der Waals surface area contributed by atoms with E-state index in [0.717, 1.165) is 35.3 Å². The Balaban J connectivity index is 1.97. The van der Waals surface area contributed by atoms with Gasteiger partial charge in [0.15, 0.2) is 5.78 Å². The van der Waals surface area contributed by atoms with Crippen molar-refractivity contribution in [2.45, 2.75) is 19.8 Å². The summed E-state index contributed by atoms with van der Waals surface area (Å²) < 4.78 is 5.22. The zero-order chi connectivity index (χ0) is 14.1. The molecule has 2 aromatic rings. The second-order valence-electron chi connectivity index (χ2n) is 4.99. The van der Waals surface area contributed by atoms with Crippen molar-refractivity contribution in [3.8, 4) is 5.75 Å². The van der Waals surface area contributed by atoms with Crippen molar-refractivity contribution in [1.82, 2.24) is 0 Å². The van der Waals surface area contributed by atoms with Crippen LogP contribution in [0, 0.1) is 6.92 Å². The number of hydrogen-bond acceptors (Lipinski definition) is 3. The van der Waals surface area contributed by atoms with E-state index in [9.17, 15) is 4.79 Å². The Kier molecular flexibility index (Phi) is 3.45. The SMILES string of the molecule is COc1ccc2c(c1)CC/C(=C\c1sccc1C)C2=O. The predicted molar refractivity (Wildman–Crippen MR) is 82.7 cm³/mol. The number of hydrogen-bond donors (Lipinski definition) is 0. The van der Waals surface area contributed by atoms with Gasteiger partial charge in [0, 0.05) is 16.0 Å². The number of carbonyl (C=O) groups is 1. The molecule has 1 aromatic heterocycles. The average Bonchev–Trinajstić information content (AvgIpc) is 2.87. The first-order valence-electron chi connectivity index (χ1n) is 6.65. The van der Waals surface area contributed by atoms with Gasteiger partial charge < -0.3 is 4.74 Å². The number of ketones is 1. The lowest BCUT2D eigenvalue weighted by Gasteiger charge is -2.18. The topological polar surface area (TPSA) is 26.3 Å². The van der Waals surface area contributed by atoms with E-state index in [-0.39, 0.29) is 5.78 Å². The Bertz CT molecular complexity index is 695. The van der Waals surface area contributed by atoms with E-state index in [1.165, 1.54) is 10.4 Å². The van der Waals surface area contributed by atoms with Crippen molar-refractivity contribution < 1.29 is 9.53 Å². The first-order chi connectivity index (χ1) is 9.69. The van der Waals surface area contributed by atoms with Gasteiger partial charge in [-0.15, -0.1) is 11.3 Å². The minimum Gasteiger partial charge on any atom is -0.497 e. The molecule has 1 aliphatic carbocycles. The molecule has 2 nitrogen and oxygen atoms in total. The maximum Gasteiger partial charge on any atom is 0.189 e. The van der Waals surface area contributed by atoms with Gasteiger partial charge in [-0.2, -0.15) is 0 Å². The Morgan fingerprint density at radius 1 is 1.25 bits per heavy atom. The Morgan fingerprint density at radius 3 is 2.80 bits per heavy atom. The summed E-state index contributed by atoms with van der Waals surface area (Å²) in [6.07, 6.45) is 3.75. The Labute approximate surface area is 122 Å². The van der Waals surface area contributed by atoms with Crippen LogP contribution in [-0.4, -0.2) is 12.9 Å². The molecule has 1 heterocycles. The fourth-order valence-corrected chi connectivity index (χ4v) is 3.39. The summed E-state index contributed by atoms with van der Waals surface area (Å²) in [6, 6.07) is 7.80. The molecule has 0 saturated carbocycles. The van der Waals surface area contributed by atoms with E-state index in [4.69, 9.17) is 4.74 Å². The van der Waals surface area contributed by atoms with Crippen LogP contribution in [0.5, 0.6) is 5.75 Å². The van der Waals surface area contributed by atoms with E-state index >= 15 is 0 Å². The number of thiophene rings is 1. The maximum atomic E-state index is 12.5. The zero-order valence-corrected chi connectivity index (χ0v) is 12.4. The van der Waals surface area contributed by atoms with Gasteiger partial charge in [-0.05, 0) is 66.6 Å². The lowest BCUT2D eigenvalue weighted by atomic mass is 9.86. The molecule has 0 amide bonds. The van der Waals surface area contributed by atoms with Gasteiger partial charge in [-0.3, -0.25) is 4.79 Å². The normalized spacial score (nSPS) is 16.3. The van der Waals surface area contributed by atoms with Crippen LogP contribution in [0.2, 0.25) is 0 Å². The minimum absolute atomic E-state index is 0.154. The van der Waals surface area contributed by atoms with E-state index in [0.29, 0.717) is 0 Å². The zero-order valence-electron chi connectivity index (χ0n) is 11.6. The van der Waals surface area contributed by atoms with Crippen LogP contribution in [0.15, 0.2) is 35.2 Å². The molecule has 102 valence electrons. The van der Waals surface area contributed by atoms with Crippen molar-refractivity contribution >= 4 is 23.2 Å². The molecule has 3 heteroatoms. The molecule has 0 saturated heterocycles. The number of Topliss-reactive ketones (excluding diaryl/α,β-unsaturated/α-hetero) is 1. The monoisotopic (exact) mass is 284 g/mol. The second-order valence-corrected chi connectivity index (χ2v) is 5.94. The lowest BCUT2D eigenvalue weighted by Crippen LogP contribution is -2.14. The number of fused-ring (bicyclic) bond motifs is 1. The fourth-order valence-electron chi connectivity index (χ4n) is 2.51. The standard InChI is InChI=1S/C17H16O2S/c1-11-7-8-20-16(11)10-13-4-3-12-9-14(19-2)5-6-15(12)17(13)18/h5-10H,3-4H2,1-2H3/b13-10+. The van der Waals surface area contributed by atoms with Crippen LogP contribution in [-0.2, 0) is 6.42 Å². The second kappa shape index (κ2) is 5.25. The molecule has 0 N–H and O–H groups in total. The summed E-state index contributed by atoms with van der Waals surface area (Å²) in [7, 11) is 1.65.